The number of rotatable bonds is 7. The fourth-order valence-electron chi connectivity index (χ4n) is 4.24. The van der Waals surface area contributed by atoms with Crippen molar-refractivity contribution in [2.45, 2.75) is 19.4 Å². The van der Waals surface area contributed by atoms with Gasteiger partial charge in [-0.25, -0.2) is 0 Å². The minimum Gasteiger partial charge on any atom is -0.508 e. The van der Waals surface area contributed by atoms with Gasteiger partial charge in [-0.05, 0) is 85.3 Å². The number of thiophene rings is 1. The molecule has 0 radical (unpaired) electrons. The molecule has 0 unspecified atom stereocenters. The van der Waals surface area contributed by atoms with Gasteiger partial charge in [0.15, 0.2) is 5.78 Å². The normalized spacial score (nSPS) is 14.3. The standard InChI is InChI=1S/C27H25NO4S/c1-2-13-28-15-22(16-28)32-21-10-5-17(6-11-21)26(31)25-23-12-9-20(30)14-24(23)33-27(25)18-3-7-19(29)8-4-18/h3-12,14,22,29-30H,2,13,15-16H2,1H3. The molecular formula is C27H25NO4S. The Morgan fingerprint density at radius 1 is 1.00 bits per heavy atom. The Balaban J connectivity index is 1.44. The van der Waals surface area contributed by atoms with Crippen molar-refractivity contribution in [3.8, 4) is 27.7 Å². The SMILES string of the molecule is CCCN1CC(Oc2ccc(C(=O)c3c(-c4ccc(O)cc4)sc4cc(O)ccc34)cc2)C1. The van der Waals surface area contributed by atoms with E-state index in [1.54, 1.807) is 42.5 Å². The minimum atomic E-state index is -0.0840. The molecule has 0 atom stereocenters. The molecule has 33 heavy (non-hydrogen) atoms. The molecular weight excluding hydrogens is 434 g/mol. The Bertz CT molecular complexity index is 1290. The first-order valence-electron chi connectivity index (χ1n) is 11.1. The van der Waals surface area contributed by atoms with Crippen LogP contribution in [0.2, 0.25) is 0 Å². The molecule has 1 aliphatic heterocycles. The van der Waals surface area contributed by atoms with Gasteiger partial charge in [-0.2, -0.15) is 0 Å². The highest BCUT2D eigenvalue weighted by Crippen LogP contribution is 2.41. The molecule has 1 fully saturated rings. The first-order chi connectivity index (χ1) is 16.0. The number of phenols is 2. The first-order valence-corrected chi connectivity index (χ1v) is 11.9. The number of likely N-dealkylation sites (tertiary alicyclic amines) is 1. The van der Waals surface area contributed by atoms with Gasteiger partial charge >= 0.3 is 0 Å². The van der Waals surface area contributed by atoms with E-state index in [4.69, 9.17) is 4.74 Å². The minimum absolute atomic E-state index is 0.0840. The summed E-state index contributed by atoms with van der Waals surface area (Å²) in [5.74, 6) is 1.02. The van der Waals surface area contributed by atoms with Crippen molar-refractivity contribution in [3.05, 3.63) is 77.9 Å². The second kappa shape index (κ2) is 8.89. The Kier molecular flexibility index (Phi) is 5.79. The molecule has 4 aromatic rings. The van der Waals surface area contributed by atoms with Crippen LogP contribution in [-0.4, -0.2) is 46.6 Å². The van der Waals surface area contributed by atoms with Crippen LogP contribution in [0.1, 0.15) is 29.3 Å². The molecule has 3 aromatic carbocycles. The molecule has 5 nitrogen and oxygen atoms in total. The maximum absolute atomic E-state index is 13.6. The van der Waals surface area contributed by atoms with Crippen LogP contribution in [-0.2, 0) is 0 Å². The lowest BCUT2D eigenvalue weighted by Crippen LogP contribution is -2.53. The van der Waals surface area contributed by atoms with Gasteiger partial charge in [-0.3, -0.25) is 9.69 Å². The van der Waals surface area contributed by atoms with Gasteiger partial charge in [-0.1, -0.05) is 6.92 Å². The highest BCUT2D eigenvalue weighted by Gasteiger charge is 2.27. The molecule has 6 heteroatoms. The quantitative estimate of drug-likeness (QED) is 0.348. The molecule has 0 amide bonds. The zero-order valence-electron chi connectivity index (χ0n) is 18.3. The molecule has 0 saturated carbocycles. The van der Waals surface area contributed by atoms with Crippen LogP contribution < -0.4 is 4.74 Å². The van der Waals surface area contributed by atoms with E-state index in [0.717, 1.165) is 52.3 Å². The summed E-state index contributed by atoms with van der Waals surface area (Å²) in [5, 5.41) is 20.4. The summed E-state index contributed by atoms with van der Waals surface area (Å²) in [6.45, 7) is 5.16. The number of hydrogen-bond acceptors (Lipinski definition) is 6. The number of carbonyl (C=O) groups is 1. The van der Waals surface area contributed by atoms with Gasteiger partial charge in [0, 0.05) is 39.2 Å². The van der Waals surface area contributed by atoms with Gasteiger partial charge < -0.3 is 14.9 Å². The van der Waals surface area contributed by atoms with E-state index in [9.17, 15) is 15.0 Å². The molecule has 5 rings (SSSR count). The Morgan fingerprint density at radius 3 is 2.39 bits per heavy atom. The Morgan fingerprint density at radius 2 is 1.70 bits per heavy atom. The molecule has 0 bridgehead atoms. The summed E-state index contributed by atoms with van der Waals surface area (Å²) in [5.41, 5.74) is 2.03. The van der Waals surface area contributed by atoms with E-state index in [2.05, 4.69) is 11.8 Å². The van der Waals surface area contributed by atoms with Gasteiger partial charge in [0.1, 0.15) is 23.4 Å². The fraction of sp³-hybridized carbons (Fsp3) is 0.222. The summed E-state index contributed by atoms with van der Waals surface area (Å²) in [6, 6.07) is 19.2. The van der Waals surface area contributed by atoms with E-state index in [0.29, 0.717) is 11.1 Å². The lowest BCUT2D eigenvalue weighted by Gasteiger charge is -2.38. The smallest absolute Gasteiger partial charge is 0.195 e. The van der Waals surface area contributed by atoms with Crippen LogP contribution in [0.4, 0.5) is 0 Å². The van der Waals surface area contributed by atoms with Crippen LogP contribution in [0.5, 0.6) is 17.2 Å². The van der Waals surface area contributed by atoms with E-state index in [1.807, 2.05) is 24.3 Å². The number of ether oxygens (including phenoxy) is 1. The molecule has 1 saturated heterocycles. The maximum atomic E-state index is 13.6. The van der Waals surface area contributed by atoms with Crippen molar-refractivity contribution in [3.63, 3.8) is 0 Å². The molecule has 0 spiro atoms. The topological polar surface area (TPSA) is 70.0 Å². The summed E-state index contributed by atoms with van der Waals surface area (Å²) in [7, 11) is 0. The number of phenolic OH excluding ortho intramolecular Hbond substituents is 2. The predicted octanol–water partition coefficient (Wildman–Crippen LogP) is 5.68. The van der Waals surface area contributed by atoms with Gasteiger partial charge in [0.25, 0.3) is 0 Å². The van der Waals surface area contributed by atoms with Crippen LogP contribution in [0, 0.1) is 0 Å². The van der Waals surface area contributed by atoms with Crippen molar-refractivity contribution in [1.82, 2.24) is 4.90 Å². The second-order valence-electron chi connectivity index (χ2n) is 8.39. The van der Waals surface area contributed by atoms with Crippen LogP contribution in [0.15, 0.2) is 66.7 Å². The number of benzene rings is 3. The Labute approximate surface area is 196 Å². The number of fused-ring (bicyclic) bond motifs is 1. The van der Waals surface area contributed by atoms with E-state index in [-0.39, 0.29) is 23.4 Å². The lowest BCUT2D eigenvalue weighted by atomic mass is 9.97. The average Bonchev–Trinajstić information content (AvgIpc) is 3.16. The average molecular weight is 460 g/mol. The molecule has 0 aliphatic carbocycles. The molecule has 1 aromatic heterocycles. The zero-order valence-corrected chi connectivity index (χ0v) is 19.1. The summed E-state index contributed by atoms with van der Waals surface area (Å²) >= 11 is 1.45. The number of aromatic hydroxyl groups is 2. The van der Waals surface area contributed by atoms with Crippen LogP contribution in [0.25, 0.3) is 20.5 Å². The van der Waals surface area contributed by atoms with E-state index in [1.165, 1.54) is 11.3 Å². The summed E-state index contributed by atoms with van der Waals surface area (Å²) < 4.78 is 6.87. The Hall–Kier alpha value is -3.35. The second-order valence-corrected chi connectivity index (χ2v) is 9.44. The van der Waals surface area contributed by atoms with Crippen molar-refractivity contribution in [2.24, 2.45) is 0 Å². The van der Waals surface area contributed by atoms with Crippen molar-refractivity contribution in [1.29, 1.82) is 0 Å². The number of hydrogen-bond donors (Lipinski definition) is 2. The van der Waals surface area contributed by atoms with Gasteiger partial charge in [-0.15, -0.1) is 11.3 Å². The number of carbonyl (C=O) groups excluding carboxylic acids is 1. The molecule has 168 valence electrons. The van der Waals surface area contributed by atoms with Gasteiger partial charge in [0.05, 0.1) is 0 Å². The predicted molar refractivity (Wildman–Crippen MR) is 132 cm³/mol. The number of ketones is 1. The zero-order chi connectivity index (χ0) is 22.9. The highest BCUT2D eigenvalue weighted by atomic mass is 32.1. The highest BCUT2D eigenvalue weighted by molar-refractivity contribution is 7.22. The maximum Gasteiger partial charge on any atom is 0.195 e. The largest absolute Gasteiger partial charge is 0.508 e. The van der Waals surface area contributed by atoms with Crippen LogP contribution in [0.3, 0.4) is 0 Å². The monoisotopic (exact) mass is 459 g/mol. The third-order valence-electron chi connectivity index (χ3n) is 5.91. The molecule has 2 N–H and O–H groups in total. The third-order valence-corrected chi connectivity index (χ3v) is 7.11. The van der Waals surface area contributed by atoms with E-state index >= 15 is 0 Å². The van der Waals surface area contributed by atoms with Crippen molar-refractivity contribution in [2.75, 3.05) is 19.6 Å². The first kappa shape index (κ1) is 21.5. The summed E-state index contributed by atoms with van der Waals surface area (Å²) in [6.07, 6.45) is 1.35. The molecule has 1 aliphatic rings. The summed E-state index contributed by atoms with van der Waals surface area (Å²) in [4.78, 5) is 16.8. The number of nitrogens with zero attached hydrogens (tertiary/aromatic N) is 1. The third kappa shape index (κ3) is 4.32. The van der Waals surface area contributed by atoms with Crippen molar-refractivity contribution < 1.29 is 19.7 Å². The van der Waals surface area contributed by atoms with Crippen LogP contribution >= 0.6 is 11.3 Å². The van der Waals surface area contributed by atoms with E-state index < -0.39 is 0 Å². The van der Waals surface area contributed by atoms with Crippen molar-refractivity contribution >= 4 is 27.2 Å². The lowest BCUT2D eigenvalue weighted by molar-refractivity contribution is 0.0202. The van der Waals surface area contributed by atoms with Gasteiger partial charge in [0.2, 0.25) is 0 Å². The molecule has 2 heterocycles. The fourth-order valence-corrected chi connectivity index (χ4v) is 5.48.